The van der Waals surface area contributed by atoms with Crippen LogP contribution in [0, 0.1) is 17.2 Å². The van der Waals surface area contributed by atoms with E-state index in [1.807, 2.05) is 19.9 Å². The Kier molecular flexibility index (Phi) is 15.9. The molecule has 7 heteroatoms. The molecule has 0 aliphatic carbocycles. The first-order chi connectivity index (χ1) is 9.60. The first kappa shape index (κ1) is 20.7. The second kappa shape index (κ2) is 15.4. The van der Waals surface area contributed by atoms with Crippen LogP contribution in [0.3, 0.4) is 0 Å². The van der Waals surface area contributed by atoms with Gasteiger partial charge in [0.2, 0.25) is 0 Å². The molecule has 20 heavy (non-hydrogen) atoms. The van der Waals surface area contributed by atoms with Crippen molar-refractivity contribution in [3.63, 3.8) is 0 Å². The minimum Gasteiger partial charge on any atom is -0.465 e. The van der Waals surface area contributed by atoms with E-state index in [1.165, 1.54) is 6.34 Å². The van der Waals surface area contributed by atoms with Gasteiger partial charge in [0.15, 0.2) is 6.29 Å². The molecule has 0 bridgehead atoms. The number of carbonyl (C=O) groups is 1. The molecule has 0 aromatic carbocycles. The van der Waals surface area contributed by atoms with Crippen molar-refractivity contribution in [2.75, 3.05) is 26.9 Å². The molecule has 0 heterocycles. The van der Waals surface area contributed by atoms with E-state index in [0.29, 0.717) is 13.2 Å². The van der Waals surface area contributed by atoms with E-state index in [2.05, 4.69) is 4.99 Å². The largest absolute Gasteiger partial charge is 0.465 e. The van der Waals surface area contributed by atoms with Crippen LogP contribution in [0.15, 0.2) is 4.99 Å². The normalized spacial score (nSPS) is 11.6. The lowest BCUT2D eigenvalue weighted by atomic mass is 10.1. The molecular weight excluding hydrogens is 262 g/mol. The highest BCUT2D eigenvalue weighted by molar-refractivity contribution is 5.75. The van der Waals surface area contributed by atoms with Crippen molar-refractivity contribution in [3.8, 4) is 6.07 Å². The summed E-state index contributed by atoms with van der Waals surface area (Å²) in [6.07, 6.45) is 0.931. The van der Waals surface area contributed by atoms with Crippen molar-refractivity contribution >= 4 is 12.3 Å². The van der Waals surface area contributed by atoms with E-state index < -0.39 is 18.2 Å². The number of hydrogen-bond acceptors (Lipinski definition) is 6. The third-order valence-electron chi connectivity index (χ3n) is 2.01. The van der Waals surface area contributed by atoms with Gasteiger partial charge in [0, 0.05) is 26.7 Å². The minimum atomic E-state index is -0.831. The van der Waals surface area contributed by atoms with Gasteiger partial charge in [0.25, 0.3) is 0 Å². The molecule has 0 fully saturated rings. The van der Waals surface area contributed by atoms with Crippen LogP contribution in [0.2, 0.25) is 0 Å². The van der Waals surface area contributed by atoms with Gasteiger partial charge in [-0.1, -0.05) is 0 Å². The van der Waals surface area contributed by atoms with Crippen molar-refractivity contribution in [2.24, 2.45) is 16.6 Å². The molecule has 116 valence electrons. The summed E-state index contributed by atoms with van der Waals surface area (Å²) in [5, 5.41) is 8.85. The van der Waals surface area contributed by atoms with Gasteiger partial charge in [-0.3, -0.25) is 9.79 Å². The highest BCUT2D eigenvalue weighted by atomic mass is 16.7. The average molecular weight is 287 g/mol. The highest BCUT2D eigenvalue weighted by Gasteiger charge is 2.24. The maximum atomic E-state index is 11.4. The number of nitrogens with two attached hydrogens (primary N) is 1. The predicted molar refractivity (Wildman–Crippen MR) is 76.0 cm³/mol. The van der Waals surface area contributed by atoms with E-state index in [1.54, 1.807) is 14.0 Å². The first-order valence-corrected chi connectivity index (χ1v) is 6.52. The average Bonchev–Trinajstić information content (AvgIpc) is 2.45. The van der Waals surface area contributed by atoms with Crippen molar-refractivity contribution < 1.29 is 19.0 Å². The Labute approximate surface area is 120 Å². The van der Waals surface area contributed by atoms with E-state index in [0.717, 1.165) is 0 Å². The van der Waals surface area contributed by atoms with Crippen LogP contribution >= 0.6 is 0 Å². The van der Waals surface area contributed by atoms with Crippen LogP contribution in [-0.2, 0) is 19.0 Å². The van der Waals surface area contributed by atoms with Crippen LogP contribution in [0.5, 0.6) is 0 Å². The zero-order valence-corrected chi connectivity index (χ0v) is 12.7. The molecule has 0 spiro atoms. The molecule has 2 N–H and O–H groups in total. The standard InChI is InChI=1S/C11H19NO4.C2H6N2/c1-4-14-10(15-5-2)7-9(8-12)11(13)16-6-3;1-4-2-3/h9-10H,4-7H2,1-3H3;2H,1H3,(H2,3,4). The van der Waals surface area contributed by atoms with E-state index in [-0.39, 0.29) is 13.0 Å². The topological polar surface area (TPSA) is 107 Å². The Bertz CT molecular complexity index is 292. The highest BCUT2D eigenvalue weighted by Crippen LogP contribution is 2.12. The van der Waals surface area contributed by atoms with E-state index >= 15 is 0 Å². The smallest absolute Gasteiger partial charge is 0.323 e. The zero-order chi connectivity index (χ0) is 15.8. The van der Waals surface area contributed by atoms with Gasteiger partial charge in [0.1, 0.15) is 5.92 Å². The van der Waals surface area contributed by atoms with Gasteiger partial charge in [-0.05, 0) is 20.8 Å². The summed E-state index contributed by atoms with van der Waals surface area (Å²) in [6.45, 7) is 6.59. The van der Waals surface area contributed by atoms with Gasteiger partial charge < -0.3 is 19.9 Å². The molecule has 1 unspecified atom stereocenters. The molecule has 7 nitrogen and oxygen atoms in total. The number of rotatable bonds is 8. The fraction of sp³-hybridized carbons (Fsp3) is 0.769. The Morgan fingerprint density at radius 3 is 2.10 bits per heavy atom. The Morgan fingerprint density at radius 1 is 1.30 bits per heavy atom. The summed E-state index contributed by atoms with van der Waals surface area (Å²) in [6, 6.07) is 1.90. The summed E-state index contributed by atoms with van der Waals surface area (Å²) in [7, 11) is 1.62. The maximum Gasteiger partial charge on any atom is 0.323 e. The van der Waals surface area contributed by atoms with Crippen LogP contribution in [-0.4, -0.2) is 45.5 Å². The molecular formula is C13H25N3O4. The number of esters is 1. The lowest BCUT2D eigenvalue weighted by Gasteiger charge is -2.18. The molecule has 0 aromatic rings. The maximum absolute atomic E-state index is 11.4. The first-order valence-electron chi connectivity index (χ1n) is 6.52. The lowest BCUT2D eigenvalue weighted by Crippen LogP contribution is -2.26. The Morgan fingerprint density at radius 2 is 1.80 bits per heavy atom. The minimum absolute atomic E-state index is 0.205. The fourth-order valence-electron chi connectivity index (χ4n) is 1.19. The molecule has 0 aliphatic rings. The lowest BCUT2D eigenvalue weighted by molar-refractivity contribution is -0.161. The summed E-state index contributed by atoms with van der Waals surface area (Å²) >= 11 is 0. The molecule has 0 saturated carbocycles. The second-order valence-corrected chi connectivity index (χ2v) is 3.42. The third-order valence-corrected chi connectivity index (χ3v) is 2.01. The van der Waals surface area contributed by atoms with E-state index in [9.17, 15) is 4.79 Å². The Hall–Kier alpha value is -1.65. The zero-order valence-electron chi connectivity index (χ0n) is 12.7. The molecule has 0 aliphatic heterocycles. The monoisotopic (exact) mass is 287 g/mol. The summed E-state index contributed by atoms with van der Waals surface area (Å²) in [5.41, 5.74) is 4.74. The van der Waals surface area contributed by atoms with Gasteiger partial charge in [0.05, 0.1) is 19.0 Å². The number of ether oxygens (including phenoxy) is 3. The van der Waals surface area contributed by atoms with Crippen LogP contribution in [0.1, 0.15) is 27.2 Å². The van der Waals surface area contributed by atoms with Crippen molar-refractivity contribution in [3.05, 3.63) is 0 Å². The third kappa shape index (κ3) is 11.4. The number of nitrogens with zero attached hydrogens (tertiary/aromatic N) is 2. The van der Waals surface area contributed by atoms with E-state index in [4.69, 9.17) is 25.2 Å². The van der Waals surface area contributed by atoms with Gasteiger partial charge >= 0.3 is 5.97 Å². The number of nitriles is 1. The predicted octanol–water partition coefficient (Wildman–Crippen LogP) is 1.08. The number of carbonyl (C=O) groups excluding carboxylic acids is 1. The molecule has 0 amide bonds. The van der Waals surface area contributed by atoms with Gasteiger partial charge in [-0.25, -0.2) is 0 Å². The van der Waals surface area contributed by atoms with Crippen molar-refractivity contribution in [1.82, 2.24) is 0 Å². The molecule has 0 saturated heterocycles. The SMILES string of the molecule is CCOC(=O)C(C#N)CC(OCC)OCC.CN=CN. The van der Waals surface area contributed by atoms with Gasteiger partial charge in [-0.15, -0.1) is 0 Å². The van der Waals surface area contributed by atoms with Crippen LogP contribution < -0.4 is 5.73 Å². The van der Waals surface area contributed by atoms with Crippen LogP contribution in [0.25, 0.3) is 0 Å². The quantitative estimate of drug-likeness (QED) is 0.310. The van der Waals surface area contributed by atoms with Crippen molar-refractivity contribution in [2.45, 2.75) is 33.5 Å². The van der Waals surface area contributed by atoms with Crippen LogP contribution in [0.4, 0.5) is 0 Å². The second-order valence-electron chi connectivity index (χ2n) is 3.42. The molecule has 1 atom stereocenters. The summed E-state index contributed by atoms with van der Waals surface area (Å²) < 4.78 is 15.3. The Balaban J connectivity index is 0. The summed E-state index contributed by atoms with van der Waals surface area (Å²) in [4.78, 5) is 14.8. The molecule has 0 radical (unpaired) electrons. The molecule has 0 rings (SSSR count). The van der Waals surface area contributed by atoms with Crippen molar-refractivity contribution in [1.29, 1.82) is 5.26 Å². The molecule has 0 aromatic heterocycles. The fourth-order valence-corrected chi connectivity index (χ4v) is 1.19. The van der Waals surface area contributed by atoms with Gasteiger partial charge in [-0.2, -0.15) is 5.26 Å². The number of aliphatic imine (C=N–C) groups is 1. The summed E-state index contributed by atoms with van der Waals surface area (Å²) in [5.74, 6) is -1.35. The number of hydrogen-bond donors (Lipinski definition) is 1.